The Morgan fingerprint density at radius 1 is 0.875 bits per heavy atom. The molecule has 0 aliphatic carbocycles. The average Bonchev–Trinajstić information content (AvgIpc) is 3.37. The molecule has 0 radical (unpaired) electrons. The molecule has 1 amide bonds. The van der Waals surface area contributed by atoms with Gasteiger partial charge in [-0.3, -0.25) is 9.10 Å². The molecule has 4 rings (SSSR count). The first-order valence-corrected chi connectivity index (χ1v) is 12.8. The molecule has 32 heavy (non-hydrogen) atoms. The summed E-state index contributed by atoms with van der Waals surface area (Å²) < 4.78 is 26.9. The van der Waals surface area contributed by atoms with Crippen molar-refractivity contribution in [1.82, 2.24) is 0 Å². The van der Waals surface area contributed by atoms with Crippen molar-refractivity contribution in [1.29, 1.82) is 0 Å². The number of anilines is 2. The largest absolute Gasteiger partial charge is 0.321 e. The predicted octanol–water partition coefficient (Wildman–Crippen LogP) is 5.98. The van der Waals surface area contributed by atoms with E-state index < -0.39 is 10.0 Å². The number of rotatable bonds is 7. The Morgan fingerprint density at radius 3 is 2.25 bits per heavy atom. The van der Waals surface area contributed by atoms with Crippen molar-refractivity contribution in [2.75, 3.05) is 16.7 Å². The van der Waals surface area contributed by atoms with Crippen molar-refractivity contribution >= 4 is 50.4 Å². The van der Waals surface area contributed by atoms with Gasteiger partial charge in [-0.2, -0.15) is 0 Å². The fourth-order valence-electron chi connectivity index (χ4n) is 2.98. The molecule has 0 saturated carbocycles. The van der Waals surface area contributed by atoms with Crippen LogP contribution in [0.1, 0.15) is 10.4 Å². The molecule has 0 atom stereocenters. The minimum absolute atomic E-state index is 0.263. The van der Waals surface area contributed by atoms with Crippen LogP contribution in [0.3, 0.4) is 0 Å². The normalized spacial score (nSPS) is 11.2. The van der Waals surface area contributed by atoms with Gasteiger partial charge in [0.05, 0.1) is 11.4 Å². The SMILES string of the molecule is CN(c1ccc(C(=O)Nc2ccccc2Sc2ccccc2)cc1)S(=O)(=O)c1cccs1. The highest BCUT2D eigenvalue weighted by Crippen LogP contribution is 2.33. The van der Waals surface area contributed by atoms with Crippen molar-refractivity contribution < 1.29 is 13.2 Å². The summed E-state index contributed by atoms with van der Waals surface area (Å²) in [7, 11) is -2.12. The number of nitrogens with zero attached hydrogens (tertiary/aromatic N) is 1. The summed E-state index contributed by atoms with van der Waals surface area (Å²) in [6.07, 6.45) is 0. The van der Waals surface area contributed by atoms with Crippen LogP contribution in [0, 0.1) is 0 Å². The second kappa shape index (κ2) is 9.60. The summed E-state index contributed by atoms with van der Waals surface area (Å²) in [5, 5.41) is 4.68. The van der Waals surface area contributed by atoms with E-state index in [0.29, 0.717) is 16.9 Å². The number of hydrogen-bond acceptors (Lipinski definition) is 5. The van der Waals surface area contributed by atoms with Crippen LogP contribution in [0.4, 0.5) is 11.4 Å². The molecule has 1 N–H and O–H groups in total. The van der Waals surface area contributed by atoms with Crippen molar-refractivity contribution in [3.05, 3.63) is 102 Å². The first kappa shape index (κ1) is 22.1. The number of carbonyl (C=O) groups excluding carboxylic acids is 1. The minimum atomic E-state index is -3.62. The van der Waals surface area contributed by atoms with E-state index >= 15 is 0 Å². The van der Waals surface area contributed by atoms with Gasteiger partial charge in [0.1, 0.15) is 4.21 Å². The summed E-state index contributed by atoms with van der Waals surface area (Å²) in [6, 6.07) is 27.3. The first-order chi connectivity index (χ1) is 15.4. The van der Waals surface area contributed by atoms with Gasteiger partial charge in [-0.1, -0.05) is 48.2 Å². The number of thiophene rings is 1. The van der Waals surface area contributed by atoms with Crippen LogP contribution in [0.25, 0.3) is 0 Å². The number of para-hydroxylation sites is 1. The van der Waals surface area contributed by atoms with Crippen LogP contribution in [0.5, 0.6) is 0 Å². The fraction of sp³-hybridized carbons (Fsp3) is 0.0417. The van der Waals surface area contributed by atoms with E-state index in [1.165, 1.54) is 22.7 Å². The number of hydrogen-bond donors (Lipinski definition) is 1. The molecule has 0 spiro atoms. The maximum Gasteiger partial charge on any atom is 0.273 e. The number of amides is 1. The molecule has 0 aliphatic heterocycles. The van der Waals surface area contributed by atoms with E-state index in [4.69, 9.17) is 0 Å². The Hall–Kier alpha value is -3.07. The monoisotopic (exact) mass is 480 g/mol. The Bertz CT molecular complexity index is 1300. The zero-order valence-electron chi connectivity index (χ0n) is 17.1. The lowest BCUT2D eigenvalue weighted by Crippen LogP contribution is -2.25. The third kappa shape index (κ3) is 4.88. The molecular weight excluding hydrogens is 460 g/mol. The van der Waals surface area contributed by atoms with Gasteiger partial charge in [0, 0.05) is 22.4 Å². The van der Waals surface area contributed by atoms with Gasteiger partial charge in [-0.25, -0.2) is 8.42 Å². The molecule has 0 unspecified atom stereocenters. The van der Waals surface area contributed by atoms with Crippen molar-refractivity contribution in [3.8, 4) is 0 Å². The molecule has 0 bridgehead atoms. The third-order valence-corrected chi connectivity index (χ3v) is 8.95. The van der Waals surface area contributed by atoms with Crippen molar-refractivity contribution in [3.63, 3.8) is 0 Å². The van der Waals surface area contributed by atoms with Crippen LogP contribution >= 0.6 is 23.1 Å². The van der Waals surface area contributed by atoms with Gasteiger partial charge >= 0.3 is 0 Å². The number of sulfonamides is 1. The fourth-order valence-corrected chi connectivity index (χ4v) is 6.25. The summed E-state index contributed by atoms with van der Waals surface area (Å²) in [5.41, 5.74) is 1.64. The Kier molecular flexibility index (Phi) is 6.64. The quantitative estimate of drug-likeness (QED) is 0.354. The molecule has 3 aromatic carbocycles. The highest BCUT2D eigenvalue weighted by Gasteiger charge is 2.22. The second-order valence-electron chi connectivity index (χ2n) is 6.82. The van der Waals surface area contributed by atoms with E-state index in [-0.39, 0.29) is 10.1 Å². The van der Waals surface area contributed by atoms with Gasteiger partial charge < -0.3 is 5.32 Å². The molecule has 0 saturated heterocycles. The van der Waals surface area contributed by atoms with Gasteiger partial charge in [-0.05, 0) is 60.0 Å². The Morgan fingerprint density at radius 2 is 1.56 bits per heavy atom. The zero-order valence-corrected chi connectivity index (χ0v) is 19.6. The number of nitrogens with one attached hydrogen (secondary N) is 1. The van der Waals surface area contributed by atoms with E-state index in [9.17, 15) is 13.2 Å². The zero-order chi connectivity index (χ0) is 22.6. The summed E-state index contributed by atoms with van der Waals surface area (Å²) >= 11 is 2.74. The van der Waals surface area contributed by atoms with Gasteiger partial charge in [0.25, 0.3) is 15.9 Å². The summed E-state index contributed by atoms with van der Waals surface area (Å²) in [4.78, 5) is 14.8. The molecule has 162 valence electrons. The molecule has 0 aliphatic rings. The lowest BCUT2D eigenvalue weighted by atomic mass is 10.2. The van der Waals surface area contributed by atoms with Crippen molar-refractivity contribution in [2.24, 2.45) is 0 Å². The molecule has 0 fully saturated rings. The van der Waals surface area contributed by atoms with Crippen LogP contribution in [-0.4, -0.2) is 21.4 Å². The smallest absolute Gasteiger partial charge is 0.273 e. The lowest BCUT2D eigenvalue weighted by Gasteiger charge is -2.18. The van der Waals surface area contributed by atoms with Crippen LogP contribution in [0.15, 0.2) is 110 Å². The second-order valence-corrected chi connectivity index (χ2v) is 11.1. The minimum Gasteiger partial charge on any atom is -0.321 e. The van der Waals surface area contributed by atoms with Crippen LogP contribution in [0.2, 0.25) is 0 Å². The van der Waals surface area contributed by atoms with Gasteiger partial charge in [0.15, 0.2) is 0 Å². The highest BCUT2D eigenvalue weighted by molar-refractivity contribution is 7.99. The van der Waals surface area contributed by atoms with E-state index in [1.807, 2.05) is 54.6 Å². The summed E-state index contributed by atoms with van der Waals surface area (Å²) in [6.45, 7) is 0. The average molecular weight is 481 g/mol. The van der Waals surface area contributed by atoms with E-state index in [2.05, 4.69) is 5.32 Å². The third-order valence-electron chi connectivity index (χ3n) is 4.71. The number of carbonyl (C=O) groups is 1. The molecule has 4 aromatic rings. The maximum atomic E-state index is 12.8. The Labute approximate surface area is 195 Å². The molecule has 1 aromatic heterocycles. The molecule has 1 heterocycles. The van der Waals surface area contributed by atoms with Crippen LogP contribution in [-0.2, 0) is 10.0 Å². The van der Waals surface area contributed by atoms with Gasteiger partial charge in [-0.15, -0.1) is 11.3 Å². The number of benzene rings is 3. The van der Waals surface area contributed by atoms with E-state index in [1.54, 1.807) is 53.5 Å². The molecule has 5 nitrogen and oxygen atoms in total. The Balaban J connectivity index is 1.50. The standard InChI is InChI=1S/C24H20N2O3S3/c1-26(32(28,29)23-12-7-17-30-23)19-15-13-18(14-16-19)24(27)25-21-10-5-6-11-22(21)31-20-8-3-2-4-9-20/h2-17H,1H3,(H,25,27). The predicted molar refractivity (Wildman–Crippen MR) is 131 cm³/mol. The maximum absolute atomic E-state index is 12.8. The summed E-state index contributed by atoms with van der Waals surface area (Å²) in [5.74, 6) is -0.263. The molecular formula is C24H20N2O3S3. The topological polar surface area (TPSA) is 66.5 Å². The van der Waals surface area contributed by atoms with Crippen LogP contribution < -0.4 is 9.62 Å². The van der Waals surface area contributed by atoms with Gasteiger partial charge in [0.2, 0.25) is 0 Å². The van der Waals surface area contributed by atoms with Crippen molar-refractivity contribution in [2.45, 2.75) is 14.0 Å². The molecule has 8 heteroatoms. The van der Waals surface area contributed by atoms with E-state index in [0.717, 1.165) is 9.79 Å². The first-order valence-electron chi connectivity index (χ1n) is 9.71. The lowest BCUT2D eigenvalue weighted by molar-refractivity contribution is 0.102. The highest BCUT2D eigenvalue weighted by atomic mass is 32.2.